The Bertz CT molecular complexity index is 163. The molecule has 0 aromatic rings. The molecule has 0 aromatic heterocycles. The number of hydrogen-bond donors (Lipinski definition) is 1. The fourth-order valence-corrected chi connectivity index (χ4v) is 2.23. The summed E-state index contributed by atoms with van der Waals surface area (Å²) < 4.78 is 15.0. The lowest BCUT2D eigenvalue weighted by molar-refractivity contribution is 0.151. The average molecular weight is 220 g/mol. The van der Waals surface area contributed by atoms with Gasteiger partial charge in [0.25, 0.3) is 0 Å². The van der Waals surface area contributed by atoms with Gasteiger partial charge in [-0.15, -0.1) is 0 Å². The maximum Gasteiger partial charge on any atom is 0.407 e. The quantitative estimate of drug-likeness (QED) is 0.676. The second-order valence-corrected chi connectivity index (χ2v) is 5.17. The zero-order valence-corrected chi connectivity index (χ0v) is 10.1. The van der Waals surface area contributed by atoms with Gasteiger partial charge in [-0.1, -0.05) is 6.92 Å². The number of alkyl carbamates (subject to hydrolysis) is 1. The molecule has 0 aliphatic rings. The van der Waals surface area contributed by atoms with Crippen LogP contribution in [0, 0.1) is 0 Å². The molecular formula is C8H18NO4Si. The van der Waals surface area contributed by atoms with Crippen molar-refractivity contribution in [3.05, 3.63) is 0 Å². The van der Waals surface area contributed by atoms with E-state index >= 15 is 0 Å². The Morgan fingerprint density at radius 2 is 2.00 bits per heavy atom. The van der Waals surface area contributed by atoms with Crippen molar-refractivity contribution < 1.29 is 18.4 Å². The summed E-state index contributed by atoms with van der Waals surface area (Å²) >= 11 is 0. The van der Waals surface area contributed by atoms with Gasteiger partial charge < -0.3 is 18.9 Å². The van der Waals surface area contributed by atoms with Crippen LogP contribution >= 0.6 is 0 Å². The van der Waals surface area contributed by atoms with Gasteiger partial charge in [-0.2, -0.15) is 0 Å². The number of nitrogens with one attached hydrogen (secondary N) is 1. The van der Waals surface area contributed by atoms with Crippen LogP contribution in [0.5, 0.6) is 0 Å². The van der Waals surface area contributed by atoms with Crippen LogP contribution in [0.4, 0.5) is 4.79 Å². The number of carbonyl (C=O) groups excluding carboxylic acids is 1. The average Bonchev–Trinajstić information content (AvgIpc) is 2.17. The van der Waals surface area contributed by atoms with Crippen molar-refractivity contribution in [2.45, 2.75) is 19.4 Å². The fraction of sp³-hybridized carbons (Fsp3) is 0.875. The van der Waals surface area contributed by atoms with E-state index in [1.54, 1.807) is 21.1 Å². The minimum Gasteiger partial charge on any atom is -0.450 e. The topological polar surface area (TPSA) is 56.8 Å². The third kappa shape index (κ3) is 5.20. The SMILES string of the molecule is CCOC(=O)NCC(C)[Si](OC)OC. The molecule has 1 amide bonds. The Morgan fingerprint density at radius 3 is 2.43 bits per heavy atom. The second kappa shape index (κ2) is 7.78. The molecule has 0 fully saturated rings. The van der Waals surface area contributed by atoms with Gasteiger partial charge in [-0.05, 0) is 6.92 Å². The Kier molecular flexibility index (Phi) is 7.45. The van der Waals surface area contributed by atoms with Crippen molar-refractivity contribution in [3.63, 3.8) is 0 Å². The van der Waals surface area contributed by atoms with Crippen molar-refractivity contribution >= 4 is 15.4 Å². The standard InChI is InChI=1S/C8H18NO4Si/c1-5-13-8(10)9-6-7(2)14(11-3)12-4/h7H,5-6H2,1-4H3,(H,9,10). The van der Waals surface area contributed by atoms with E-state index in [1.807, 2.05) is 6.92 Å². The number of rotatable bonds is 6. The van der Waals surface area contributed by atoms with Gasteiger partial charge in [0.15, 0.2) is 0 Å². The highest BCUT2D eigenvalue weighted by Gasteiger charge is 2.22. The normalized spacial score (nSPS) is 12.6. The van der Waals surface area contributed by atoms with Crippen LogP contribution in [0.3, 0.4) is 0 Å². The molecule has 0 saturated heterocycles. The Morgan fingerprint density at radius 1 is 1.43 bits per heavy atom. The summed E-state index contributed by atoms with van der Waals surface area (Å²) in [6.07, 6.45) is -0.395. The van der Waals surface area contributed by atoms with Gasteiger partial charge in [-0.3, -0.25) is 0 Å². The molecule has 1 radical (unpaired) electrons. The van der Waals surface area contributed by atoms with Gasteiger partial charge in [0.2, 0.25) is 0 Å². The van der Waals surface area contributed by atoms with E-state index < -0.39 is 15.4 Å². The first-order valence-corrected chi connectivity index (χ1v) is 5.90. The summed E-state index contributed by atoms with van der Waals surface area (Å²) in [5.41, 5.74) is 0.180. The summed E-state index contributed by atoms with van der Waals surface area (Å²) in [5, 5.41) is 2.64. The minimum absolute atomic E-state index is 0.180. The van der Waals surface area contributed by atoms with Crippen LogP contribution in [0.15, 0.2) is 0 Å². The van der Waals surface area contributed by atoms with Crippen molar-refractivity contribution in [1.29, 1.82) is 0 Å². The lowest BCUT2D eigenvalue weighted by Gasteiger charge is -2.17. The zero-order chi connectivity index (χ0) is 11.0. The molecule has 83 valence electrons. The van der Waals surface area contributed by atoms with E-state index in [9.17, 15) is 4.79 Å². The first-order valence-electron chi connectivity index (χ1n) is 4.51. The summed E-state index contributed by atoms with van der Waals surface area (Å²) in [6, 6.07) is 0. The minimum atomic E-state index is -1.28. The van der Waals surface area contributed by atoms with Crippen molar-refractivity contribution in [2.24, 2.45) is 0 Å². The second-order valence-electron chi connectivity index (χ2n) is 2.73. The fourth-order valence-electron chi connectivity index (χ4n) is 0.988. The van der Waals surface area contributed by atoms with Crippen molar-refractivity contribution in [1.82, 2.24) is 5.32 Å². The lowest BCUT2D eigenvalue weighted by atomic mass is 10.5. The van der Waals surface area contributed by atoms with Crippen LogP contribution in [0.2, 0.25) is 5.54 Å². The third-order valence-corrected chi connectivity index (χ3v) is 3.45. The number of carbonyl (C=O) groups is 1. The molecule has 0 saturated carbocycles. The Hall–Kier alpha value is -0.593. The van der Waals surface area contributed by atoms with Crippen LogP contribution in [0.1, 0.15) is 13.8 Å². The van der Waals surface area contributed by atoms with E-state index in [0.717, 1.165) is 0 Å². The summed E-state index contributed by atoms with van der Waals surface area (Å²) in [5.74, 6) is 0. The smallest absolute Gasteiger partial charge is 0.407 e. The molecule has 0 heterocycles. The van der Waals surface area contributed by atoms with E-state index in [2.05, 4.69) is 5.32 Å². The summed E-state index contributed by atoms with van der Waals surface area (Å²) in [6.45, 7) is 4.62. The summed E-state index contributed by atoms with van der Waals surface area (Å²) in [7, 11) is 1.94. The maximum absolute atomic E-state index is 10.9. The molecule has 0 bridgehead atoms. The summed E-state index contributed by atoms with van der Waals surface area (Å²) in [4.78, 5) is 10.9. The number of hydrogen-bond acceptors (Lipinski definition) is 4. The zero-order valence-electron chi connectivity index (χ0n) is 9.12. The molecule has 1 unspecified atom stereocenters. The first-order chi connectivity index (χ1) is 6.65. The molecule has 14 heavy (non-hydrogen) atoms. The highest BCUT2D eigenvalue weighted by Crippen LogP contribution is 2.08. The molecular weight excluding hydrogens is 202 g/mol. The monoisotopic (exact) mass is 220 g/mol. The molecule has 0 spiro atoms. The van der Waals surface area contributed by atoms with Crippen LogP contribution in [-0.2, 0) is 13.6 Å². The molecule has 0 rings (SSSR count). The third-order valence-electron chi connectivity index (χ3n) is 1.63. The van der Waals surface area contributed by atoms with Gasteiger partial charge in [0, 0.05) is 26.3 Å². The van der Waals surface area contributed by atoms with E-state index in [0.29, 0.717) is 13.2 Å². The van der Waals surface area contributed by atoms with Gasteiger partial charge in [0.05, 0.1) is 6.61 Å². The lowest BCUT2D eigenvalue weighted by Crippen LogP contribution is -2.35. The molecule has 0 aliphatic heterocycles. The number of ether oxygens (including phenoxy) is 1. The Balaban J connectivity index is 3.71. The van der Waals surface area contributed by atoms with Crippen LogP contribution in [-0.4, -0.2) is 42.7 Å². The predicted octanol–water partition coefficient (Wildman–Crippen LogP) is 0.904. The highest BCUT2D eigenvalue weighted by molar-refractivity contribution is 6.46. The molecule has 0 aromatic carbocycles. The van der Waals surface area contributed by atoms with Crippen molar-refractivity contribution in [3.8, 4) is 0 Å². The highest BCUT2D eigenvalue weighted by atomic mass is 28.3. The van der Waals surface area contributed by atoms with Gasteiger partial charge in [0.1, 0.15) is 0 Å². The predicted molar refractivity (Wildman–Crippen MR) is 54.2 cm³/mol. The van der Waals surface area contributed by atoms with Gasteiger partial charge in [-0.25, -0.2) is 4.79 Å². The molecule has 0 aliphatic carbocycles. The van der Waals surface area contributed by atoms with Crippen LogP contribution < -0.4 is 5.32 Å². The van der Waals surface area contributed by atoms with Crippen molar-refractivity contribution in [2.75, 3.05) is 27.4 Å². The molecule has 1 atom stereocenters. The van der Waals surface area contributed by atoms with E-state index in [-0.39, 0.29) is 5.54 Å². The Labute approximate surface area is 86.6 Å². The maximum atomic E-state index is 10.9. The molecule has 5 nitrogen and oxygen atoms in total. The molecule has 6 heteroatoms. The van der Waals surface area contributed by atoms with E-state index in [1.165, 1.54) is 0 Å². The molecule has 1 N–H and O–H groups in total. The van der Waals surface area contributed by atoms with Gasteiger partial charge >= 0.3 is 15.4 Å². The number of amides is 1. The van der Waals surface area contributed by atoms with Crippen LogP contribution in [0.25, 0.3) is 0 Å². The van der Waals surface area contributed by atoms with E-state index in [4.69, 9.17) is 13.6 Å². The first kappa shape index (κ1) is 13.4. The largest absolute Gasteiger partial charge is 0.450 e.